The number of halogens is 2. The van der Waals surface area contributed by atoms with Crippen LogP contribution in [0.1, 0.15) is 11.1 Å². The standard InChI is InChI=1S/C9H7F2NO3/c10-9(11)14-5-7-6(4-12-13)2-1-3-8(7)15-9/h1-4,13H,5H2. The number of ether oxygens (including phenoxy) is 2. The molecule has 0 amide bonds. The van der Waals surface area contributed by atoms with Gasteiger partial charge in [0.05, 0.1) is 12.8 Å². The van der Waals surface area contributed by atoms with Gasteiger partial charge in [-0.1, -0.05) is 17.3 Å². The third kappa shape index (κ3) is 1.89. The second-order valence-corrected chi connectivity index (χ2v) is 2.92. The van der Waals surface area contributed by atoms with E-state index < -0.39 is 6.29 Å². The first-order valence-electron chi connectivity index (χ1n) is 4.12. The number of alkyl halides is 2. The van der Waals surface area contributed by atoms with Gasteiger partial charge in [-0.25, -0.2) is 0 Å². The summed E-state index contributed by atoms with van der Waals surface area (Å²) in [7, 11) is 0. The maximum absolute atomic E-state index is 12.7. The van der Waals surface area contributed by atoms with Crippen molar-refractivity contribution in [3.8, 4) is 5.75 Å². The Morgan fingerprint density at radius 1 is 1.47 bits per heavy atom. The van der Waals surface area contributed by atoms with Crippen LogP contribution in [0.4, 0.5) is 8.78 Å². The smallest absolute Gasteiger partial charge is 0.411 e. The molecule has 1 aromatic rings. The number of rotatable bonds is 1. The summed E-state index contributed by atoms with van der Waals surface area (Å²) in [6.07, 6.45) is -2.46. The lowest BCUT2D eigenvalue weighted by Gasteiger charge is -2.25. The van der Waals surface area contributed by atoms with Crippen LogP contribution in [-0.2, 0) is 11.3 Å². The summed E-state index contributed by atoms with van der Waals surface area (Å²) in [4.78, 5) is 0. The third-order valence-electron chi connectivity index (χ3n) is 1.98. The van der Waals surface area contributed by atoms with Gasteiger partial charge in [0, 0.05) is 11.1 Å². The van der Waals surface area contributed by atoms with Gasteiger partial charge >= 0.3 is 6.29 Å². The minimum atomic E-state index is -3.60. The van der Waals surface area contributed by atoms with Crippen molar-refractivity contribution in [2.75, 3.05) is 0 Å². The van der Waals surface area contributed by atoms with E-state index in [4.69, 9.17) is 5.21 Å². The topological polar surface area (TPSA) is 51.1 Å². The first-order chi connectivity index (χ1) is 7.12. The molecule has 1 N–H and O–H groups in total. The second-order valence-electron chi connectivity index (χ2n) is 2.92. The molecule has 0 unspecified atom stereocenters. The van der Waals surface area contributed by atoms with Crippen molar-refractivity contribution in [2.24, 2.45) is 5.16 Å². The van der Waals surface area contributed by atoms with Crippen LogP contribution in [0.15, 0.2) is 23.4 Å². The molecule has 0 saturated heterocycles. The highest BCUT2D eigenvalue weighted by Crippen LogP contribution is 2.34. The largest absolute Gasteiger partial charge is 0.535 e. The molecule has 0 bridgehead atoms. The molecule has 0 aliphatic carbocycles. The lowest BCUT2D eigenvalue weighted by atomic mass is 10.1. The number of nitrogens with zero attached hydrogens (tertiary/aromatic N) is 1. The second kappa shape index (κ2) is 3.47. The van der Waals surface area contributed by atoms with Crippen LogP contribution >= 0.6 is 0 Å². The van der Waals surface area contributed by atoms with Crippen molar-refractivity contribution in [3.05, 3.63) is 29.3 Å². The van der Waals surface area contributed by atoms with E-state index in [9.17, 15) is 8.78 Å². The highest BCUT2D eigenvalue weighted by Gasteiger charge is 2.38. The van der Waals surface area contributed by atoms with Crippen LogP contribution in [0.3, 0.4) is 0 Å². The Morgan fingerprint density at radius 2 is 2.27 bits per heavy atom. The molecule has 0 radical (unpaired) electrons. The van der Waals surface area contributed by atoms with E-state index in [1.54, 1.807) is 6.07 Å². The van der Waals surface area contributed by atoms with E-state index in [1.807, 2.05) is 0 Å². The van der Waals surface area contributed by atoms with E-state index >= 15 is 0 Å². The number of hydrogen-bond donors (Lipinski definition) is 1. The molecular formula is C9H7F2NO3. The van der Waals surface area contributed by atoms with E-state index in [0.717, 1.165) is 6.21 Å². The number of oxime groups is 1. The first kappa shape index (κ1) is 9.85. The summed E-state index contributed by atoms with van der Waals surface area (Å²) >= 11 is 0. The zero-order valence-electron chi connectivity index (χ0n) is 7.48. The normalized spacial score (nSPS) is 18.5. The van der Waals surface area contributed by atoms with Gasteiger partial charge in [-0.15, -0.1) is 8.78 Å². The molecule has 80 valence electrons. The van der Waals surface area contributed by atoms with E-state index in [-0.39, 0.29) is 12.4 Å². The van der Waals surface area contributed by atoms with Crippen LogP contribution < -0.4 is 4.74 Å². The van der Waals surface area contributed by atoms with E-state index in [2.05, 4.69) is 14.6 Å². The molecule has 2 rings (SSSR count). The monoisotopic (exact) mass is 215 g/mol. The maximum Gasteiger partial charge on any atom is 0.535 e. The van der Waals surface area contributed by atoms with Crippen molar-refractivity contribution in [2.45, 2.75) is 12.9 Å². The molecule has 0 aromatic heterocycles. The minimum Gasteiger partial charge on any atom is -0.411 e. The van der Waals surface area contributed by atoms with Crippen LogP contribution in [0.5, 0.6) is 5.75 Å². The molecular weight excluding hydrogens is 208 g/mol. The molecule has 1 heterocycles. The summed E-state index contributed by atoms with van der Waals surface area (Å²) in [5, 5.41) is 11.2. The van der Waals surface area contributed by atoms with Crippen LogP contribution in [-0.4, -0.2) is 17.7 Å². The fourth-order valence-electron chi connectivity index (χ4n) is 1.33. The van der Waals surface area contributed by atoms with E-state index in [1.165, 1.54) is 12.1 Å². The zero-order chi connectivity index (χ0) is 10.9. The minimum absolute atomic E-state index is 0.0312. The quantitative estimate of drug-likeness (QED) is 0.442. The van der Waals surface area contributed by atoms with Crippen molar-refractivity contribution >= 4 is 6.21 Å². The van der Waals surface area contributed by atoms with Gasteiger partial charge < -0.3 is 9.94 Å². The Balaban J connectivity index is 2.42. The number of hydrogen-bond acceptors (Lipinski definition) is 4. The highest BCUT2D eigenvalue weighted by molar-refractivity contribution is 5.82. The predicted molar refractivity (Wildman–Crippen MR) is 46.2 cm³/mol. The average molecular weight is 215 g/mol. The molecule has 0 spiro atoms. The van der Waals surface area contributed by atoms with Crippen molar-refractivity contribution in [3.63, 3.8) is 0 Å². The predicted octanol–water partition coefficient (Wildman–Crippen LogP) is 1.95. The molecule has 0 atom stereocenters. The molecule has 4 nitrogen and oxygen atoms in total. The fraction of sp³-hybridized carbons (Fsp3) is 0.222. The SMILES string of the molecule is ON=Cc1cccc2c1COC(F)(F)O2. The van der Waals surface area contributed by atoms with Gasteiger partial charge in [0.15, 0.2) is 0 Å². The van der Waals surface area contributed by atoms with Gasteiger partial charge in [-0.05, 0) is 6.07 Å². The Kier molecular flexibility index (Phi) is 2.28. The zero-order valence-corrected chi connectivity index (χ0v) is 7.48. The Hall–Kier alpha value is -1.69. The molecule has 1 aliphatic rings. The van der Waals surface area contributed by atoms with Gasteiger partial charge in [0.2, 0.25) is 0 Å². The van der Waals surface area contributed by atoms with Crippen LogP contribution in [0, 0.1) is 0 Å². The Bertz CT molecular complexity index is 406. The van der Waals surface area contributed by atoms with Crippen molar-refractivity contribution in [1.82, 2.24) is 0 Å². The summed E-state index contributed by atoms with van der Waals surface area (Å²) < 4.78 is 33.8. The summed E-state index contributed by atoms with van der Waals surface area (Å²) in [6.45, 7) is -0.287. The number of benzene rings is 1. The summed E-state index contributed by atoms with van der Waals surface area (Å²) in [5.41, 5.74) is 0.909. The van der Waals surface area contributed by atoms with Gasteiger partial charge in [-0.2, -0.15) is 0 Å². The third-order valence-corrected chi connectivity index (χ3v) is 1.98. The van der Waals surface area contributed by atoms with Crippen LogP contribution in [0.25, 0.3) is 0 Å². The Labute approximate surface area is 83.7 Å². The molecule has 0 fully saturated rings. The lowest BCUT2D eigenvalue weighted by Crippen LogP contribution is -2.32. The molecule has 1 aliphatic heterocycles. The molecule has 1 aromatic carbocycles. The Morgan fingerprint density at radius 3 is 3.00 bits per heavy atom. The van der Waals surface area contributed by atoms with Gasteiger partial charge in [0.25, 0.3) is 0 Å². The molecule has 0 saturated carbocycles. The lowest BCUT2D eigenvalue weighted by molar-refractivity contribution is -0.368. The van der Waals surface area contributed by atoms with Crippen molar-refractivity contribution in [1.29, 1.82) is 0 Å². The first-order valence-corrected chi connectivity index (χ1v) is 4.12. The number of fused-ring (bicyclic) bond motifs is 1. The average Bonchev–Trinajstić information content (AvgIpc) is 2.16. The molecule has 15 heavy (non-hydrogen) atoms. The highest BCUT2D eigenvalue weighted by atomic mass is 19.3. The summed E-state index contributed by atoms with van der Waals surface area (Å²) in [6, 6.07) is 4.53. The van der Waals surface area contributed by atoms with Crippen molar-refractivity contribution < 1.29 is 23.5 Å². The van der Waals surface area contributed by atoms with Gasteiger partial charge in [0.1, 0.15) is 5.75 Å². The van der Waals surface area contributed by atoms with Crippen LogP contribution in [0.2, 0.25) is 0 Å². The van der Waals surface area contributed by atoms with E-state index in [0.29, 0.717) is 11.1 Å². The fourth-order valence-corrected chi connectivity index (χ4v) is 1.33. The molecule has 6 heteroatoms. The summed E-state index contributed by atoms with van der Waals surface area (Å²) in [5.74, 6) is 0.0312. The van der Waals surface area contributed by atoms with Gasteiger partial charge in [-0.3, -0.25) is 4.74 Å². The maximum atomic E-state index is 12.7.